The Labute approximate surface area is 149 Å². The molecule has 3 aromatic rings. The molecule has 0 atom stereocenters. The van der Waals surface area contributed by atoms with Crippen LogP contribution >= 0.6 is 0 Å². The monoisotopic (exact) mass is 348 g/mol. The fraction of sp³-hybridized carbons (Fsp3) is 0. The lowest BCUT2D eigenvalue weighted by atomic mass is 10.1. The van der Waals surface area contributed by atoms with Gasteiger partial charge in [0.1, 0.15) is 0 Å². The van der Waals surface area contributed by atoms with Crippen LogP contribution in [0.3, 0.4) is 0 Å². The zero-order valence-corrected chi connectivity index (χ0v) is 13.6. The van der Waals surface area contributed by atoms with Crippen molar-refractivity contribution < 1.29 is 14.8 Å². The lowest BCUT2D eigenvalue weighted by Crippen LogP contribution is -2.20. The van der Waals surface area contributed by atoms with Gasteiger partial charge in [-0.2, -0.15) is 0 Å². The number of pyridine rings is 1. The Morgan fingerprint density at radius 2 is 1.23 bits per heavy atom. The summed E-state index contributed by atoms with van der Waals surface area (Å²) >= 11 is 0. The van der Waals surface area contributed by atoms with Crippen LogP contribution in [0.2, 0.25) is 0 Å². The van der Waals surface area contributed by atoms with Gasteiger partial charge < -0.3 is 10.6 Å². The lowest BCUT2D eigenvalue weighted by molar-refractivity contribution is 0.0706. The molecule has 130 valence electrons. The summed E-state index contributed by atoms with van der Waals surface area (Å²) in [6.45, 7) is 0. The number of nitrogens with one attached hydrogen (secondary N) is 3. The van der Waals surface area contributed by atoms with Gasteiger partial charge in [-0.3, -0.25) is 15.0 Å². The van der Waals surface area contributed by atoms with Crippen LogP contribution in [0.1, 0.15) is 10.4 Å². The number of urea groups is 1. The minimum atomic E-state index is -0.615. The molecule has 26 heavy (non-hydrogen) atoms. The first kappa shape index (κ1) is 17.1. The number of carbonyl (C=O) groups is 2. The molecule has 0 aliphatic carbocycles. The van der Waals surface area contributed by atoms with Gasteiger partial charge in [-0.15, -0.1) is 0 Å². The Bertz CT molecular complexity index is 894. The van der Waals surface area contributed by atoms with Gasteiger partial charge >= 0.3 is 6.03 Å². The molecule has 0 aliphatic rings. The summed E-state index contributed by atoms with van der Waals surface area (Å²) < 4.78 is 0. The van der Waals surface area contributed by atoms with Crippen molar-refractivity contribution in [3.8, 4) is 11.1 Å². The van der Waals surface area contributed by atoms with Crippen molar-refractivity contribution in [2.24, 2.45) is 0 Å². The predicted molar refractivity (Wildman–Crippen MR) is 98.0 cm³/mol. The molecule has 0 aliphatic heterocycles. The topological polar surface area (TPSA) is 103 Å². The summed E-state index contributed by atoms with van der Waals surface area (Å²) in [5.74, 6) is -0.615. The molecule has 0 radical (unpaired) electrons. The molecule has 3 amide bonds. The fourth-order valence-electron chi connectivity index (χ4n) is 2.35. The molecule has 0 saturated heterocycles. The molecule has 0 spiro atoms. The van der Waals surface area contributed by atoms with E-state index in [1.807, 2.05) is 36.4 Å². The van der Waals surface area contributed by atoms with E-state index in [0.717, 1.165) is 11.1 Å². The molecule has 1 heterocycles. The maximum absolute atomic E-state index is 12.1. The predicted octanol–water partition coefficient (Wildman–Crippen LogP) is 3.51. The summed E-state index contributed by atoms with van der Waals surface area (Å²) in [6.07, 6.45) is 3.45. The van der Waals surface area contributed by atoms with Gasteiger partial charge in [-0.05, 0) is 59.7 Å². The van der Waals surface area contributed by atoms with E-state index in [2.05, 4.69) is 15.6 Å². The van der Waals surface area contributed by atoms with E-state index < -0.39 is 11.9 Å². The molecule has 1 aromatic heterocycles. The van der Waals surface area contributed by atoms with Crippen LogP contribution in [0.4, 0.5) is 16.2 Å². The van der Waals surface area contributed by atoms with Crippen LogP contribution in [0.25, 0.3) is 11.1 Å². The quantitative estimate of drug-likeness (QED) is 0.428. The largest absolute Gasteiger partial charge is 0.323 e. The molecular formula is C19H16N4O3. The zero-order valence-electron chi connectivity index (χ0n) is 13.6. The third-order valence-corrected chi connectivity index (χ3v) is 3.66. The molecule has 0 bridgehead atoms. The standard InChI is InChI=1S/C19H16N4O3/c24-18(23-26)15-3-7-17(8-4-15)22-19(25)21-16-5-1-13(2-6-16)14-9-11-20-12-10-14/h1-12,26H,(H,23,24)(H2,21,22,25). The first-order valence-corrected chi connectivity index (χ1v) is 7.79. The van der Waals surface area contributed by atoms with E-state index in [1.165, 1.54) is 12.1 Å². The first-order valence-electron chi connectivity index (χ1n) is 7.79. The van der Waals surface area contributed by atoms with Crippen LogP contribution < -0.4 is 16.1 Å². The Kier molecular flexibility index (Phi) is 5.21. The molecule has 3 rings (SSSR count). The molecule has 7 nitrogen and oxygen atoms in total. The van der Waals surface area contributed by atoms with Crippen LogP contribution in [0.15, 0.2) is 73.1 Å². The number of benzene rings is 2. The molecule has 4 N–H and O–H groups in total. The van der Waals surface area contributed by atoms with Crippen LogP contribution in [-0.2, 0) is 0 Å². The van der Waals surface area contributed by atoms with Gasteiger partial charge in [-0.1, -0.05) is 12.1 Å². The maximum Gasteiger partial charge on any atom is 0.323 e. The number of hydrogen-bond donors (Lipinski definition) is 4. The van der Waals surface area contributed by atoms with E-state index in [0.29, 0.717) is 11.4 Å². The third-order valence-electron chi connectivity index (χ3n) is 3.66. The van der Waals surface area contributed by atoms with Gasteiger partial charge in [0.05, 0.1) is 0 Å². The van der Waals surface area contributed by atoms with Crippen LogP contribution in [-0.4, -0.2) is 22.1 Å². The zero-order chi connectivity index (χ0) is 18.4. The summed E-state index contributed by atoms with van der Waals surface area (Å²) in [4.78, 5) is 27.3. The van der Waals surface area contributed by atoms with Crippen molar-refractivity contribution in [2.45, 2.75) is 0 Å². The maximum atomic E-state index is 12.1. The first-order chi connectivity index (χ1) is 12.7. The van der Waals surface area contributed by atoms with E-state index in [1.54, 1.807) is 30.0 Å². The van der Waals surface area contributed by atoms with Crippen molar-refractivity contribution in [3.05, 3.63) is 78.6 Å². The number of anilines is 2. The van der Waals surface area contributed by atoms with Gasteiger partial charge in [0, 0.05) is 29.3 Å². The van der Waals surface area contributed by atoms with Crippen molar-refractivity contribution in [1.82, 2.24) is 10.5 Å². The van der Waals surface area contributed by atoms with Crippen molar-refractivity contribution in [1.29, 1.82) is 0 Å². The van der Waals surface area contributed by atoms with Gasteiger partial charge in [0.15, 0.2) is 0 Å². The molecule has 0 saturated carbocycles. The molecule has 7 heteroatoms. The van der Waals surface area contributed by atoms with Crippen molar-refractivity contribution >= 4 is 23.3 Å². The second kappa shape index (κ2) is 7.91. The average molecular weight is 348 g/mol. The van der Waals surface area contributed by atoms with Crippen LogP contribution in [0.5, 0.6) is 0 Å². The molecular weight excluding hydrogens is 332 g/mol. The Balaban J connectivity index is 1.60. The number of nitrogens with zero attached hydrogens (tertiary/aromatic N) is 1. The minimum Gasteiger partial charge on any atom is -0.308 e. The highest BCUT2D eigenvalue weighted by Gasteiger charge is 2.06. The number of amides is 3. The van der Waals surface area contributed by atoms with Gasteiger partial charge in [0.2, 0.25) is 0 Å². The van der Waals surface area contributed by atoms with E-state index in [4.69, 9.17) is 5.21 Å². The molecule has 0 unspecified atom stereocenters. The number of hydroxylamine groups is 1. The summed E-state index contributed by atoms with van der Waals surface area (Å²) in [6, 6.07) is 17.0. The summed E-state index contributed by atoms with van der Waals surface area (Å²) in [5, 5.41) is 14.0. The van der Waals surface area contributed by atoms with Gasteiger partial charge in [0.25, 0.3) is 5.91 Å². The smallest absolute Gasteiger partial charge is 0.308 e. The molecule has 0 fully saturated rings. The highest BCUT2D eigenvalue weighted by molar-refractivity contribution is 6.00. The van der Waals surface area contributed by atoms with Crippen LogP contribution in [0, 0.1) is 0 Å². The summed E-state index contributed by atoms with van der Waals surface area (Å²) in [7, 11) is 0. The van der Waals surface area contributed by atoms with Gasteiger partial charge in [-0.25, -0.2) is 10.3 Å². The number of aromatic nitrogens is 1. The van der Waals surface area contributed by atoms with Crippen molar-refractivity contribution in [3.63, 3.8) is 0 Å². The Morgan fingerprint density at radius 3 is 1.77 bits per heavy atom. The minimum absolute atomic E-state index is 0.283. The van der Waals surface area contributed by atoms with E-state index in [9.17, 15) is 9.59 Å². The number of hydrogen-bond acceptors (Lipinski definition) is 4. The fourth-order valence-corrected chi connectivity index (χ4v) is 2.35. The van der Waals surface area contributed by atoms with E-state index in [-0.39, 0.29) is 5.56 Å². The highest BCUT2D eigenvalue weighted by Crippen LogP contribution is 2.20. The summed E-state index contributed by atoms with van der Waals surface area (Å²) in [5.41, 5.74) is 5.07. The normalized spacial score (nSPS) is 10.0. The van der Waals surface area contributed by atoms with E-state index >= 15 is 0 Å². The number of rotatable bonds is 4. The lowest BCUT2D eigenvalue weighted by Gasteiger charge is -2.09. The second-order valence-corrected chi connectivity index (χ2v) is 5.41. The Hall–Kier alpha value is -3.71. The second-order valence-electron chi connectivity index (χ2n) is 5.41. The Morgan fingerprint density at radius 1 is 0.731 bits per heavy atom. The highest BCUT2D eigenvalue weighted by atomic mass is 16.5. The SMILES string of the molecule is O=C(Nc1ccc(C(=O)NO)cc1)Nc1ccc(-c2ccncc2)cc1. The molecule has 2 aromatic carbocycles. The third kappa shape index (κ3) is 4.22. The van der Waals surface area contributed by atoms with Crippen molar-refractivity contribution in [2.75, 3.05) is 10.6 Å². The average Bonchev–Trinajstić information content (AvgIpc) is 2.69. The number of carbonyl (C=O) groups excluding carboxylic acids is 2.